The van der Waals surface area contributed by atoms with E-state index < -0.39 is 5.97 Å². The summed E-state index contributed by atoms with van der Waals surface area (Å²) in [4.78, 5) is 12.3. The summed E-state index contributed by atoms with van der Waals surface area (Å²) in [5.41, 5.74) is 6.58. The second kappa shape index (κ2) is 6.70. The first-order valence-electron chi connectivity index (χ1n) is 7.27. The molecule has 0 aromatic heterocycles. The van der Waals surface area contributed by atoms with Crippen molar-refractivity contribution >= 4 is 11.7 Å². The first-order valence-corrected chi connectivity index (χ1v) is 7.27. The summed E-state index contributed by atoms with van der Waals surface area (Å²) >= 11 is 0. The zero-order chi connectivity index (χ0) is 15.4. The van der Waals surface area contributed by atoms with E-state index in [0.29, 0.717) is 28.7 Å². The van der Waals surface area contributed by atoms with Gasteiger partial charge in [-0.05, 0) is 25.2 Å². The van der Waals surface area contributed by atoms with Crippen molar-refractivity contribution in [1.82, 2.24) is 0 Å². The quantitative estimate of drug-likeness (QED) is 0.682. The van der Waals surface area contributed by atoms with Gasteiger partial charge in [-0.15, -0.1) is 0 Å². The SMILES string of the molecule is COc1cc(N)c(C(=O)OC2CCCC(C)C2)cc1OC. The van der Waals surface area contributed by atoms with E-state index in [4.69, 9.17) is 19.9 Å². The van der Waals surface area contributed by atoms with Gasteiger partial charge in [-0.2, -0.15) is 0 Å². The zero-order valence-electron chi connectivity index (χ0n) is 12.8. The van der Waals surface area contributed by atoms with Gasteiger partial charge in [0.2, 0.25) is 0 Å². The lowest BCUT2D eigenvalue weighted by atomic mass is 9.89. The number of nitrogen functional groups attached to an aromatic ring is 1. The Morgan fingerprint density at radius 2 is 1.86 bits per heavy atom. The van der Waals surface area contributed by atoms with Gasteiger partial charge in [-0.3, -0.25) is 0 Å². The minimum atomic E-state index is -0.396. The van der Waals surface area contributed by atoms with Crippen molar-refractivity contribution in [2.24, 2.45) is 5.92 Å². The Kier molecular flexibility index (Phi) is 4.94. The lowest BCUT2D eigenvalue weighted by Gasteiger charge is -2.26. The molecule has 0 spiro atoms. The maximum absolute atomic E-state index is 12.3. The third kappa shape index (κ3) is 3.60. The van der Waals surface area contributed by atoms with Crippen LogP contribution in [0.4, 0.5) is 5.69 Å². The Labute approximate surface area is 125 Å². The normalized spacial score (nSPS) is 21.7. The van der Waals surface area contributed by atoms with Crippen molar-refractivity contribution in [3.8, 4) is 11.5 Å². The number of carbonyl (C=O) groups excluding carboxylic acids is 1. The molecule has 0 bridgehead atoms. The van der Waals surface area contributed by atoms with Crippen molar-refractivity contribution in [1.29, 1.82) is 0 Å². The van der Waals surface area contributed by atoms with Gasteiger partial charge in [-0.1, -0.05) is 13.3 Å². The third-order valence-corrected chi connectivity index (χ3v) is 3.94. The molecule has 2 atom stereocenters. The molecule has 0 saturated heterocycles. The van der Waals surface area contributed by atoms with Gasteiger partial charge in [0.15, 0.2) is 11.5 Å². The monoisotopic (exact) mass is 293 g/mol. The maximum Gasteiger partial charge on any atom is 0.340 e. The molecule has 5 heteroatoms. The van der Waals surface area contributed by atoms with Crippen molar-refractivity contribution in [2.75, 3.05) is 20.0 Å². The summed E-state index contributed by atoms with van der Waals surface area (Å²) in [5.74, 6) is 1.17. The highest BCUT2D eigenvalue weighted by Crippen LogP contribution is 2.33. The number of esters is 1. The number of rotatable bonds is 4. The zero-order valence-corrected chi connectivity index (χ0v) is 12.8. The van der Waals surface area contributed by atoms with Crippen molar-refractivity contribution < 1.29 is 19.0 Å². The number of nitrogens with two attached hydrogens (primary N) is 1. The predicted molar refractivity (Wildman–Crippen MR) is 80.8 cm³/mol. The Balaban J connectivity index is 2.15. The van der Waals surface area contributed by atoms with Crippen molar-refractivity contribution in [3.05, 3.63) is 17.7 Å². The molecule has 0 aliphatic heterocycles. The van der Waals surface area contributed by atoms with Gasteiger partial charge in [0.05, 0.1) is 25.5 Å². The van der Waals surface area contributed by atoms with Gasteiger partial charge >= 0.3 is 5.97 Å². The Morgan fingerprint density at radius 3 is 2.48 bits per heavy atom. The van der Waals surface area contributed by atoms with Crippen LogP contribution in [0.15, 0.2) is 12.1 Å². The number of carbonyl (C=O) groups is 1. The molecule has 116 valence electrons. The largest absolute Gasteiger partial charge is 0.493 e. The molecule has 0 amide bonds. The molecule has 5 nitrogen and oxygen atoms in total. The molecule has 1 aliphatic carbocycles. The number of hydrogen-bond acceptors (Lipinski definition) is 5. The average molecular weight is 293 g/mol. The van der Waals surface area contributed by atoms with Crippen LogP contribution >= 0.6 is 0 Å². The average Bonchev–Trinajstić information content (AvgIpc) is 2.46. The molecule has 1 fully saturated rings. The van der Waals surface area contributed by atoms with E-state index in [2.05, 4.69) is 6.92 Å². The lowest BCUT2D eigenvalue weighted by Crippen LogP contribution is -2.25. The van der Waals surface area contributed by atoms with Crippen LogP contribution in [-0.2, 0) is 4.74 Å². The number of ether oxygens (including phenoxy) is 3. The minimum absolute atomic E-state index is 0.0197. The topological polar surface area (TPSA) is 70.8 Å². The molecule has 1 aliphatic rings. The molecule has 0 heterocycles. The van der Waals surface area contributed by atoms with E-state index in [9.17, 15) is 4.79 Å². The summed E-state index contributed by atoms with van der Waals surface area (Å²) in [6, 6.07) is 3.15. The van der Waals surface area contributed by atoms with Gasteiger partial charge < -0.3 is 19.9 Å². The highest BCUT2D eigenvalue weighted by atomic mass is 16.5. The van der Waals surface area contributed by atoms with E-state index in [1.54, 1.807) is 12.1 Å². The maximum atomic E-state index is 12.3. The third-order valence-electron chi connectivity index (χ3n) is 3.94. The summed E-state index contributed by atoms with van der Waals surface area (Å²) < 4.78 is 15.9. The van der Waals surface area contributed by atoms with Gasteiger partial charge in [0.25, 0.3) is 0 Å². The molecule has 2 unspecified atom stereocenters. The molecule has 0 radical (unpaired) electrons. The summed E-state index contributed by atoms with van der Waals surface area (Å²) in [7, 11) is 3.05. The Morgan fingerprint density at radius 1 is 1.19 bits per heavy atom. The van der Waals surface area contributed by atoms with E-state index in [1.807, 2.05) is 0 Å². The number of methoxy groups -OCH3 is 2. The fourth-order valence-corrected chi connectivity index (χ4v) is 2.77. The second-order valence-corrected chi connectivity index (χ2v) is 5.59. The number of anilines is 1. The number of benzene rings is 1. The first kappa shape index (κ1) is 15.5. The first-order chi connectivity index (χ1) is 10.0. The molecule has 1 aromatic carbocycles. The molecule has 1 aromatic rings. The smallest absolute Gasteiger partial charge is 0.340 e. The van der Waals surface area contributed by atoms with Gasteiger partial charge in [-0.25, -0.2) is 4.79 Å². The van der Waals surface area contributed by atoms with Crippen LogP contribution in [0.3, 0.4) is 0 Å². The number of hydrogen-bond donors (Lipinski definition) is 1. The molecule has 21 heavy (non-hydrogen) atoms. The second-order valence-electron chi connectivity index (χ2n) is 5.59. The Hall–Kier alpha value is -1.91. The van der Waals surface area contributed by atoms with Crippen molar-refractivity contribution in [2.45, 2.75) is 38.7 Å². The summed E-state index contributed by atoms with van der Waals surface area (Å²) in [6.07, 6.45) is 4.11. The molecule has 2 rings (SSSR count). The van der Waals surface area contributed by atoms with Crippen LogP contribution in [0.2, 0.25) is 0 Å². The fraction of sp³-hybridized carbons (Fsp3) is 0.562. The van der Waals surface area contributed by atoms with E-state index in [-0.39, 0.29) is 6.10 Å². The molecule has 2 N–H and O–H groups in total. The highest BCUT2D eigenvalue weighted by molar-refractivity contribution is 5.96. The summed E-state index contributed by atoms with van der Waals surface area (Å²) in [5, 5.41) is 0. The lowest BCUT2D eigenvalue weighted by molar-refractivity contribution is 0.0156. The predicted octanol–water partition coefficient (Wildman–Crippen LogP) is 3.02. The molecule has 1 saturated carbocycles. The Bertz CT molecular complexity index is 515. The van der Waals surface area contributed by atoms with E-state index >= 15 is 0 Å². The van der Waals surface area contributed by atoms with Crippen LogP contribution in [0.5, 0.6) is 11.5 Å². The van der Waals surface area contributed by atoms with Crippen molar-refractivity contribution in [3.63, 3.8) is 0 Å². The summed E-state index contributed by atoms with van der Waals surface area (Å²) in [6.45, 7) is 2.19. The minimum Gasteiger partial charge on any atom is -0.493 e. The van der Waals surface area contributed by atoms with E-state index in [0.717, 1.165) is 19.3 Å². The van der Waals surface area contributed by atoms with E-state index in [1.165, 1.54) is 20.6 Å². The highest BCUT2D eigenvalue weighted by Gasteiger charge is 2.24. The molecular formula is C16H23NO4. The fourth-order valence-electron chi connectivity index (χ4n) is 2.77. The standard InChI is InChI=1S/C16H23NO4/c1-10-5-4-6-11(7-10)21-16(18)12-8-14(19-2)15(20-3)9-13(12)17/h8-11H,4-7,17H2,1-3H3. The van der Waals surface area contributed by atoms with Crippen LogP contribution in [0.25, 0.3) is 0 Å². The van der Waals surface area contributed by atoms with Crippen LogP contribution in [0, 0.1) is 5.92 Å². The van der Waals surface area contributed by atoms with Gasteiger partial charge in [0, 0.05) is 12.1 Å². The van der Waals surface area contributed by atoms with Gasteiger partial charge in [0.1, 0.15) is 6.10 Å². The van der Waals surface area contributed by atoms with Crippen LogP contribution < -0.4 is 15.2 Å². The van der Waals surface area contributed by atoms with Crippen LogP contribution in [-0.4, -0.2) is 26.3 Å². The van der Waals surface area contributed by atoms with Crippen LogP contribution in [0.1, 0.15) is 43.0 Å². The molecular weight excluding hydrogens is 270 g/mol.